The van der Waals surface area contributed by atoms with Crippen LogP contribution in [0.15, 0.2) is 12.3 Å². The van der Waals surface area contributed by atoms with Gasteiger partial charge in [-0.1, -0.05) is 13.8 Å². The van der Waals surface area contributed by atoms with E-state index in [4.69, 9.17) is 4.74 Å². The topological polar surface area (TPSA) is 26.3 Å². The van der Waals surface area contributed by atoms with Gasteiger partial charge in [0.1, 0.15) is 6.10 Å². The first-order valence-corrected chi connectivity index (χ1v) is 3.55. The van der Waals surface area contributed by atoms with Crippen molar-refractivity contribution in [1.29, 1.82) is 0 Å². The van der Waals surface area contributed by atoms with E-state index in [1.54, 1.807) is 0 Å². The van der Waals surface area contributed by atoms with E-state index >= 15 is 0 Å². The van der Waals surface area contributed by atoms with Crippen LogP contribution in [0.5, 0.6) is 0 Å². The largest absolute Gasteiger partial charge is 0.497 e. The van der Waals surface area contributed by atoms with Crippen LogP contribution < -0.4 is 0 Å². The quantitative estimate of drug-likeness (QED) is 0.552. The van der Waals surface area contributed by atoms with Gasteiger partial charge in [0, 0.05) is 12.5 Å². The fraction of sp³-hybridized carbons (Fsp3) is 0.625. The van der Waals surface area contributed by atoms with Crippen molar-refractivity contribution in [3.8, 4) is 0 Å². The third kappa shape index (κ3) is 1.59. The van der Waals surface area contributed by atoms with Crippen LogP contribution in [0.1, 0.15) is 20.3 Å². The minimum Gasteiger partial charge on any atom is -0.497 e. The zero-order chi connectivity index (χ0) is 7.56. The Morgan fingerprint density at radius 1 is 1.70 bits per heavy atom. The number of hydrogen-bond donors (Lipinski definition) is 0. The Balaban J connectivity index is 2.52. The van der Waals surface area contributed by atoms with E-state index in [1.165, 1.54) is 12.3 Å². The lowest BCUT2D eigenvalue weighted by atomic mass is 10.0. The van der Waals surface area contributed by atoms with Crippen LogP contribution in [-0.4, -0.2) is 11.9 Å². The normalized spacial score (nSPS) is 25.1. The number of hydrogen-bond acceptors (Lipinski definition) is 2. The summed E-state index contributed by atoms with van der Waals surface area (Å²) in [5.74, 6) is 0.596. The minimum atomic E-state index is 0.0949. The molecule has 0 aliphatic carbocycles. The first-order chi connectivity index (χ1) is 4.70. The Morgan fingerprint density at radius 3 is 2.80 bits per heavy atom. The maximum atomic E-state index is 10.8. The van der Waals surface area contributed by atoms with Gasteiger partial charge in [-0.25, -0.2) is 0 Å². The summed E-state index contributed by atoms with van der Waals surface area (Å²) in [4.78, 5) is 10.8. The van der Waals surface area contributed by atoms with Crippen LogP contribution in [-0.2, 0) is 9.53 Å². The summed E-state index contributed by atoms with van der Waals surface area (Å²) in [5, 5.41) is 0. The molecule has 1 aliphatic rings. The lowest BCUT2D eigenvalue weighted by Crippen LogP contribution is -2.23. The maximum absolute atomic E-state index is 10.8. The molecular formula is C8H12O2. The van der Waals surface area contributed by atoms with Gasteiger partial charge in [-0.15, -0.1) is 0 Å². The number of ketones is 1. The van der Waals surface area contributed by atoms with Gasteiger partial charge in [-0.2, -0.15) is 0 Å². The number of carbonyl (C=O) groups is 1. The molecular weight excluding hydrogens is 128 g/mol. The van der Waals surface area contributed by atoms with Crippen LogP contribution in [0.3, 0.4) is 0 Å². The van der Waals surface area contributed by atoms with E-state index in [-0.39, 0.29) is 11.9 Å². The van der Waals surface area contributed by atoms with Crippen molar-refractivity contribution >= 4 is 5.78 Å². The van der Waals surface area contributed by atoms with E-state index in [2.05, 4.69) is 13.8 Å². The fourth-order valence-corrected chi connectivity index (χ4v) is 0.923. The number of allylic oxidation sites excluding steroid dienone is 1. The van der Waals surface area contributed by atoms with Crippen molar-refractivity contribution in [2.75, 3.05) is 0 Å². The predicted molar refractivity (Wildman–Crippen MR) is 38.5 cm³/mol. The maximum Gasteiger partial charge on any atom is 0.162 e. The smallest absolute Gasteiger partial charge is 0.162 e. The van der Waals surface area contributed by atoms with E-state index in [0.717, 1.165) is 0 Å². The Kier molecular flexibility index (Phi) is 2.10. The Labute approximate surface area is 60.9 Å². The summed E-state index contributed by atoms with van der Waals surface area (Å²) < 4.78 is 5.21. The zero-order valence-electron chi connectivity index (χ0n) is 6.33. The van der Waals surface area contributed by atoms with Gasteiger partial charge in [-0.05, 0) is 5.92 Å². The van der Waals surface area contributed by atoms with E-state index < -0.39 is 0 Å². The van der Waals surface area contributed by atoms with Gasteiger partial charge in [0.15, 0.2) is 5.78 Å². The standard InChI is InChI=1S/C8H12O2/c1-6(2)8-5-7(9)3-4-10-8/h3-4,6,8H,5H2,1-2H3. The summed E-state index contributed by atoms with van der Waals surface area (Å²) in [7, 11) is 0. The molecule has 0 aromatic rings. The van der Waals surface area contributed by atoms with Crippen LogP contribution in [0.2, 0.25) is 0 Å². The van der Waals surface area contributed by atoms with Crippen LogP contribution in [0.25, 0.3) is 0 Å². The van der Waals surface area contributed by atoms with E-state index in [0.29, 0.717) is 12.3 Å². The molecule has 0 spiro atoms. The second kappa shape index (κ2) is 2.86. The third-order valence-electron chi connectivity index (χ3n) is 1.65. The molecule has 0 N–H and O–H groups in total. The van der Waals surface area contributed by atoms with Crippen LogP contribution in [0, 0.1) is 5.92 Å². The summed E-state index contributed by atoms with van der Waals surface area (Å²) in [6.45, 7) is 4.11. The van der Waals surface area contributed by atoms with Crippen molar-refractivity contribution in [3.05, 3.63) is 12.3 Å². The molecule has 1 heterocycles. The molecule has 1 atom stereocenters. The molecule has 2 nitrogen and oxygen atoms in total. The highest BCUT2D eigenvalue weighted by atomic mass is 16.5. The summed E-state index contributed by atoms with van der Waals surface area (Å²) in [6.07, 6.45) is 3.61. The Hall–Kier alpha value is -0.790. The molecule has 1 aliphatic heterocycles. The van der Waals surface area contributed by atoms with Gasteiger partial charge >= 0.3 is 0 Å². The minimum absolute atomic E-state index is 0.0949. The van der Waals surface area contributed by atoms with Gasteiger partial charge in [0.05, 0.1) is 6.26 Å². The first kappa shape index (κ1) is 7.32. The van der Waals surface area contributed by atoms with E-state index in [9.17, 15) is 4.79 Å². The molecule has 0 fully saturated rings. The lowest BCUT2D eigenvalue weighted by molar-refractivity contribution is -0.118. The lowest BCUT2D eigenvalue weighted by Gasteiger charge is -2.21. The summed E-state index contributed by atoms with van der Waals surface area (Å²) in [6, 6.07) is 0. The SMILES string of the molecule is CC(C)C1CC(=O)C=CO1. The molecule has 0 radical (unpaired) electrons. The summed E-state index contributed by atoms with van der Waals surface area (Å²) >= 11 is 0. The Bertz CT molecular complexity index is 159. The molecule has 0 bridgehead atoms. The molecule has 0 saturated carbocycles. The summed E-state index contributed by atoms with van der Waals surface area (Å²) in [5.41, 5.74) is 0. The molecule has 0 amide bonds. The third-order valence-corrected chi connectivity index (χ3v) is 1.65. The van der Waals surface area contributed by atoms with Crippen molar-refractivity contribution in [2.24, 2.45) is 5.92 Å². The molecule has 0 aromatic heterocycles. The molecule has 1 unspecified atom stereocenters. The number of ether oxygens (including phenoxy) is 1. The van der Waals surface area contributed by atoms with Crippen molar-refractivity contribution in [1.82, 2.24) is 0 Å². The van der Waals surface area contributed by atoms with Gasteiger partial charge in [-0.3, -0.25) is 4.79 Å². The van der Waals surface area contributed by atoms with Gasteiger partial charge in [0.25, 0.3) is 0 Å². The molecule has 0 saturated heterocycles. The molecule has 10 heavy (non-hydrogen) atoms. The fourth-order valence-electron chi connectivity index (χ4n) is 0.923. The van der Waals surface area contributed by atoms with Crippen LogP contribution >= 0.6 is 0 Å². The first-order valence-electron chi connectivity index (χ1n) is 3.55. The average Bonchev–Trinajstić information content (AvgIpc) is 1.88. The molecule has 2 heteroatoms. The second-order valence-corrected chi connectivity index (χ2v) is 2.89. The highest BCUT2D eigenvalue weighted by Crippen LogP contribution is 2.15. The average molecular weight is 140 g/mol. The van der Waals surface area contributed by atoms with E-state index in [1.807, 2.05) is 0 Å². The molecule has 0 aromatic carbocycles. The Morgan fingerprint density at radius 2 is 2.40 bits per heavy atom. The van der Waals surface area contributed by atoms with Gasteiger partial charge < -0.3 is 4.74 Å². The number of rotatable bonds is 1. The van der Waals surface area contributed by atoms with Gasteiger partial charge in [0.2, 0.25) is 0 Å². The van der Waals surface area contributed by atoms with Crippen molar-refractivity contribution in [3.63, 3.8) is 0 Å². The van der Waals surface area contributed by atoms with Crippen molar-refractivity contribution in [2.45, 2.75) is 26.4 Å². The van der Waals surface area contributed by atoms with Crippen LogP contribution in [0.4, 0.5) is 0 Å². The predicted octanol–water partition coefficient (Wildman–Crippen LogP) is 1.51. The van der Waals surface area contributed by atoms with Crippen molar-refractivity contribution < 1.29 is 9.53 Å². The second-order valence-electron chi connectivity index (χ2n) is 2.89. The number of carbonyl (C=O) groups excluding carboxylic acids is 1. The molecule has 56 valence electrons. The monoisotopic (exact) mass is 140 g/mol. The molecule has 1 rings (SSSR count). The highest BCUT2D eigenvalue weighted by Gasteiger charge is 2.19. The zero-order valence-corrected chi connectivity index (χ0v) is 6.33. The highest BCUT2D eigenvalue weighted by molar-refractivity contribution is 5.90.